The number of carbonyl (C=O) groups is 2. The highest BCUT2D eigenvalue weighted by Crippen LogP contribution is 2.39. The Balaban J connectivity index is 1.83. The van der Waals surface area contributed by atoms with E-state index in [-0.39, 0.29) is 35.0 Å². The number of amides is 1. The predicted molar refractivity (Wildman–Crippen MR) is 159 cm³/mol. The van der Waals surface area contributed by atoms with Crippen LogP contribution in [0.3, 0.4) is 0 Å². The summed E-state index contributed by atoms with van der Waals surface area (Å²) in [6.45, 7) is 7.47. The number of anilines is 1. The van der Waals surface area contributed by atoms with E-state index in [0.29, 0.717) is 52.4 Å². The Morgan fingerprint density at radius 2 is 1.92 bits per heavy atom. The van der Waals surface area contributed by atoms with Gasteiger partial charge in [0.2, 0.25) is 0 Å². The molecule has 1 amide bonds. The maximum absolute atomic E-state index is 13.7. The number of nitrogens with zero attached hydrogens (tertiary/aromatic N) is 4. The quantitative estimate of drug-likeness (QED) is 0.241. The first-order valence-electron chi connectivity index (χ1n) is 14.2. The van der Waals surface area contributed by atoms with Gasteiger partial charge in [-0.1, -0.05) is 56.6 Å². The van der Waals surface area contributed by atoms with Gasteiger partial charge in [0, 0.05) is 31.2 Å². The lowest BCUT2D eigenvalue weighted by atomic mass is 9.94. The molecule has 1 aromatic heterocycles. The van der Waals surface area contributed by atoms with Crippen LogP contribution in [-0.2, 0) is 20.9 Å². The van der Waals surface area contributed by atoms with Crippen LogP contribution in [0.2, 0.25) is 0 Å². The SMILES string of the molecule is CCCCn1c(N2CCCC(C(=O)OCC)C2)c(/C=C2/SC(=S)N(C3CCCCC3)C2=O)c(C)c(C#N)c1=O. The molecule has 1 aromatic rings. The molecule has 3 heterocycles. The van der Waals surface area contributed by atoms with Crippen molar-refractivity contribution >= 4 is 52.1 Å². The second kappa shape index (κ2) is 13.1. The van der Waals surface area contributed by atoms with Gasteiger partial charge in [0.25, 0.3) is 11.5 Å². The third kappa shape index (κ3) is 6.09. The largest absolute Gasteiger partial charge is 0.466 e. The summed E-state index contributed by atoms with van der Waals surface area (Å²) in [5.74, 6) is 0.0312. The number of hydrogen-bond donors (Lipinski definition) is 0. The maximum atomic E-state index is 13.7. The number of aromatic nitrogens is 1. The summed E-state index contributed by atoms with van der Waals surface area (Å²) < 4.78 is 7.56. The van der Waals surface area contributed by atoms with E-state index in [1.165, 1.54) is 18.2 Å². The first-order chi connectivity index (χ1) is 18.8. The van der Waals surface area contributed by atoms with Crippen LogP contribution in [0, 0.1) is 24.2 Å². The van der Waals surface area contributed by atoms with Crippen molar-refractivity contribution in [2.75, 3.05) is 24.6 Å². The first-order valence-corrected chi connectivity index (χ1v) is 15.4. The minimum Gasteiger partial charge on any atom is -0.466 e. The highest BCUT2D eigenvalue weighted by molar-refractivity contribution is 8.26. The van der Waals surface area contributed by atoms with Crippen LogP contribution < -0.4 is 10.5 Å². The summed E-state index contributed by atoms with van der Waals surface area (Å²) in [5, 5.41) is 9.96. The fourth-order valence-electron chi connectivity index (χ4n) is 5.90. The average Bonchev–Trinajstić information content (AvgIpc) is 3.22. The van der Waals surface area contributed by atoms with Crippen LogP contribution >= 0.6 is 24.0 Å². The zero-order chi connectivity index (χ0) is 28.1. The molecule has 210 valence electrons. The van der Waals surface area contributed by atoms with E-state index in [2.05, 4.69) is 17.9 Å². The molecule has 0 N–H and O–H groups in total. The lowest BCUT2D eigenvalue weighted by Crippen LogP contribution is -2.43. The third-order valence-corrected chi connectivity index (χ3v) is 9.29. The van der Waals surface area contributed by atoms with E-state index in [1.54, 1.807) is 23.3 Å². The molecule has 0 spiro atoms. The second-order valence-corrected chi connectivity index (χ2v) is 12.2. The van der Waals surface area contributed by atoms with Gasteiger partial charge in [0.1, 0.15) is 21.8 Å². The second-order valence-electron chi connectivity index (χ2n) is 10.5. The Morgan fingerprint density at radius 1 is 1.18 bits per heavy atom. The van der Waals surface area contributed by atoms with Gasteiger partial charge in [0.15, 0.2) is 0 Å². The Labute approximate surface area is 240 Å². The normalized spacial score (nSPS) is 21.5. The predicted octanol–water partition coefficient (Wildman–Crippen LogP) is 5.14. The molecule has 1 atom stereocenters. The lowest BCUT2D eigenvalue weighted by Gasteiger charge is -2.36. The standard InChI is InChI=1S/C29H38N4O4S2/c1-4-6-15-32-25(31-14-10-11-20(18-31)28(36)37-5-2)22(19(3)23(17-30)26(32)34)16-24-27(35)33(29(38)39-24)21-12-8-7-9-13-21/h16,20-21H,4-15,18H2,1-3H3/b24-16+. The van der Waals surface area contributed by atoms with Crippen molar-refractivity contribution < 1.29 is 14.3 Å². The highest BCUT2D eigenvalue weighted by Gasteiger charge is 2.38. The molecule has 3 fully saturated rings. The van der Waals surface area contributed by atoms with Crippen molar-refractivity contribution in [2.45, 2.75) is 91.1 Å². The third-order valence-electron chi connectivity index (χ3n) is 7.96. The number of rotatable bonds is 8. The molecule has 1 unspecified atom stereocenters. The van der Waals surface area contributed by atoms with Crippen LogP contribution in [0.1, 0.15) is 88.3 Å². The molecule has 2 aliphatic heterocycles. The van der Waals surface area contributed by atoms with Gasteiger partial charge in [-0.3, -0.25) is 23.9 Å². The van der Waals surface area contributed by atoms with Crippen molar-refractivity contribution in [3.05, 3.63) is 31.9 Å². The highest BCUT2D eigenvalue weighted by atomic mass is 32.2. The van der Waals surface area contributed by atoms with Gasteiger partial charge in [-0.15, -0.1) is 0 Å². The van der Waals surface area contributed by atoms with Crippen LogP contribution in [0.5, 0.6) is 0 Å². The summed E-state index contributed by atoms with van der Waals surface area (Å²) in [4.78, 5) is 44.2. The van der Waals surface area contributed by atoms with Crippen molar-refractivity contribution in [3.63, 3.8) is 0 Å². The van der Waals surface area contributed by atoms with Crippen molar-refractivity contribution in [1.29, 1.82) is 5.26 Å². The molecular weight excluding hydrogens is 532 g/mol. The van der Waals surface area contributed by atoms with Gasteiger partial charge in [-0.2, -0.15) is 5.26 Å². The van der Waals surface area contributed by atoms with Crippen LogP contribution in [0.15, 0.2) is 9.70 Å². The number of unbranched alkanes of at least 4 members (excludes halogenated alkanes) is 1. The van der Waals surface area contributed by atoms with Crippen molar-refractivity contribution in [3.8, 4) is 6.07 Å². The van der Waals surface area contributed by atoms with E-state index >= 15 is 0 Å². The van der Waals surface area contributed by atoms with Crippen molar-refractivity contribution in [1.82, 2.24) is 9.47 Å². The molecule has 2 saturated heterocycles. The van der Waals surface area contributed by atoms with Crippen LogP contribution in [-0.4, -0.2) is 51.4 Å². The first kappa shape index (κ1) is 29.3. The molecule has 4 rings (SSSR count). The molecular formula is C29H38N4O4S2. The van der Waals surface area contributed by atoms with E-state index in [4.69, 9.17) is 17.0 Å². The smallest absolute Gasteiger partial charge is 0.310 e. The van der Waals surface area contributed by atoms with Gasteiger partial charge >= 0.3 is 5.97 Å². The average molecular weight is 571 g/mol. The van der Waals surface area contributed by atoms with E-state index in [1.807, 2.05) is 6.08 Å². The molecule has 3 aliphatic rings. The monoisotopic (exact) mass is 570 g/mol. The van der Waals surface area contributed by atoms with Gasteiger partial charge in [-0.25, -0.2) is 0 Å². The molecule has 8 nitrogen and oxygen atoms in total. The number of carbonyl (C=O) groups excluding carboxylic acids is 2. The minimum atomic E-state index is -0.330. The fraction of sp³-hybridized carbons (Fsp3) is 0.621. The lowest BCUT2D eigenvalue weighted by molar-refractivity contribution is -0.148. The topological polar surface area (TPSA) is 95.6 Å². The Bertz CT molecular complexity index is 1260. The van der Waals surface area contributed by atoms with E-state index in [9.17, 15) is 19.6 Å². The zero-order valence-electron chi connectivity index (χ0n) is 23.2. The number of pyridine rings is 1. The molecule has 39 heavy (non-hydrogen) atoms. The number of esters is 1. The number of piperidine rings is 1. The molecule has 10 heteroatoms. The zero-order valence-corrected chi connectivity index (χ0v) is 24.8. The number of thioether (sulfide) groups is 1. The Hall–Kier alpha value is -2.64. The van der Waals surface area contributed by atoms with Gasteiger partial charge < -0.3 is 9.64 Å². The Morgan fingerprint density at radius 3 is 2.59 bits per heavy atom. The summed E-state index contributed by atoms with van der Waals surface area (Å²) in [6, 6.07) is 2.24. The molecule has 0 bridgehead atoms. The molecule has 0 aromatic carbocycles. The molecule has 1 saturated carbocycles. The maximum Gasteiger partial charge on any atom is 0.310 e. The summed E-state index contributed by atoms with van der Waals surface area (Å²) in [7, 11) is 0. The number of thiocarbonyl (C=S) groups is 1. The summed E-state index contributed by atoms with van der Waals surface area (Å²) in [5.41, 5.74) is 0.980. The van der Waals surface area contributed by atoms with Crippen LogP contribution in [0.4, 0.5) is 5.82 Å². The van der Waals surface area contributed by atoms with E-state index < -0.39 is 0 Å². The summed E-state index contributed by atoms with van der Waals surface area (Å²) >= 11 is 6.96. The van der Waals surface area contributed by atoms with Gasteiger partial charge in [-0.05, 0) is 57.6 Å². The number of hydrogen-bond acceptors (Lipinski definition) is 8. The summed E-state index contributed by atoms with van der Waals surface area (Å²) in [6.07, 6.45) is 10.2. The molecule has 0 radical (unpaired) electrons. The van der Waals surface area contributed by atoms with Gasteiger partial charge in [0.05, 0.1) is 17.4 Å². The fourth-order valence-corrected chi connectivity index (χ4v) is 7.28. The Kier molecular flexibility index (Phi) is 9.89. The minimum absolute atomic E-state index is 0.0859. The molecule has 1 aliphatic carbocycles. The van der Waals surface area contributed by atoms with Crippen LogP contribution in [0.25, 0.3) is 6.08 Å². The van der Waals surface area contributed by atoms with E-state index in [0.717, 1.165) is 51.4 Å². The van der Waals surface area contributed by atoms with Crippen molar-refractivity contribution in [2.24, 2.45) is 5.92 Å². The number of ether oxygens (including phenoxy) is 1. The number of nitriles is 1.